The van der Waals surface area contributed by atoms with Crippen LogP contribution >= 0.6 is 12.2 Å². The number of ether oxygens (including phenoxy) is 1. The maximum Gasteiger partial charge on any atom is 0.157 e. The summed E-state index contributed by atoms with van der Waals surface area (Å²) in [7, 11) is 0. The normalized spacial score (nSPS) is 15.8. The van der Waals surface area contributed by atoms with E-state index in [4.69, 9.17) is 17.0 Å². The molecule has 0 saturated carbocycles. The Balaban J connectivity index is 1.63. The number of rotatable bonds is 4. The van der Waals surface area contributed by atoms with Crippen LogP contribution in [0.5, 0.6) is 0 Å². The van der Waals surface area contributed by atoms with Crippen LogP contribution in [0.25, 0.3) is 5.82 Å². The van der Waals surface area contributed by atoms with Gasteiger partial charge in [0.05, 0.1) is 32.3 Å². The van der Waals surface area contributed by atoms with Gasteiger partial charge >= 0.3 is 0 Å². The van der Waals surface area contributed by atoms with E-state index >= 15 is 0 Å². The Morgan fingerprint density at radius 3 is 2.90 bits per heavy atom. The maximum absolute atomic E-state index is 5.38. The first kappa shape index (κ1) is 14.1. The van der Waals surface area contributed by atoms with Crippen molar-refractivity contribution in [2.24, 2.45) is 0 Å². The van der Waals surface area contributed by atoms with Crippen LogP contribution in [-0.4, -0.2) is 62.4 Å². The van der Waals surface area contributed by atoms with Crippen molar-refractivity contribution < 1.29 is 4.74 Å². The maximum atomic E-state index is 5.38. The van der Waals surface area contributed by atoms with Crippen LogP contribution in [0.3, 0.4) is 0 Å². The van der Waals surface area contributed by atoms with E-state index in [1.807, 2.05) is 6.20 Å². The van der Waals surface area contributed by atoms with E-state index in [0.29, 0.717) is 23.2 Å². The zero-order chi connectivity index (χ0) is 14.5. The Kier molecular flexibility index (Phi) is 4.49. The number of hydrogen-bond acceptors (Lipinski definition) is 6. The monoisotopic (exact) mass is 304 g/mol. The van der Waals surface area contributed by atoms with Crippen molar-refractivity contribution in [3.63, 3.8) is 0 Å². The molecule has 0 aliphatic carbocycles. The van der Waals surface area contributed by atoms with Crippen LogP contribution in [0.1, 0.15) is 5.69 Å². The topological polar surface area (TPSA) is 68.1 Å². The Bertz CT molecular complexity index is 596. The lowest BCUT2D eigenvalue weighted by Crippen LogP contribution is -2.43. The lowest BCUT2D eigenvalue weighted by atomic mass is 10.4. The van der Waals surface area contributed by atoms with Crippen LogP contribution in [-0.2, 0) is 4.74 Å². The molecule has 0 bridgehead atoms. The van der Waals surface area contributed by atoms with E-state index in [0.717, 1.165) is 26.3 Å². The fraction of sp³-hybridized carbons (Fsp3) is 0.385. The summed E-state index contributed by atoms with van der Waals surface area (Å²) in [5.74, 6) is 0.695. The molecule has 1 aliphatic heterocycles. The van der Waals surface area contributed by atoms with Crippen LogP contribution in [0.2, 0.25) is 0 Å². The third-order valence-electron chi connectivity index (χ3n) is 3.19. The number of imidazole rings is 1. The van der Waals surface area contributed by atoms with E-state index < -0.39 is 0 Å². The molecule has 7 nitrogen and oxygen atoms in total. The second-order valence-corrected chi connectivity index (χ2v) is 5.04. The second kappa shape index (κ2) is 6.70. The average Bonchev–Trinajstić information content (AvgIpc) is 3.08. The minimum atomic E-state index is 0.593. The Morgan fingerprint density at radius 1 is 1.29 bits per heavy atom. The van der Waals surface area contributed by atoms with Crippen LogP contribution in [0.15, 0.2) is 31.1 Å². The number of thiocarbonyl (C=S) groups is 1. The van der Waals surface area contributed by atoms with Gasteiger partial charge in [0, 0.05) is 25.5 Å². The molecule has 110 valence electrons. The van der Waals surface area contributed by atoms with Gasteiger partial charge in [-0.2, -0.15) is 0 Å². The molecule has 3 rings (SSSR count). The van der Waals surface area contributed by atoms with Gasteiger partial charge in [-0.3, -0.25) is 14.5 Å². The molecule has 1 N–H and O–H groups in total. The van der Waals surface area contributed by atoms with Gasteiger partial charge in [-0.25, -0.2) is 9.97 Å². The minimum Gasteiger partial charge on any atom is -0.379 e. The first-order chi connectivity index (χ1) is 10.3. The molecule has 21 heavy (non-hydrogen) atoms. The Labute approximate surface area is 128 Å². The molecule has 2 aromatic heterocycles. The van der Waals surface area contributed by atoms with Gasteiger partial charge in [0.2, 0.25) is 0 Å². The van der Waals surface area contributed by atoms with Crippen molar-refractivity contribution in [2.45, 2.75) is 0 Å². The summed E-state index contributed by atoms with van der Waals surface area (Å²) in [6.45, 7) is 4.06. The summed E-state index contributed by atoms with van der Waals surface area (Å²) < 4.78 is 7.11. The van der Waals surface area contributed by atoms with Gasteiger partial charge < -0.3 is 10.1 Å². The van der Waals surface area contributed by atoms with Crippen molar-refractivity contribution in [2.75, 3.05) is 33.0 Å². The van der Waals surface area contributed by atoms with Crippen LogP contribution in [0.4, 0.5) is 0 Å². The minimum absolute atomic E-state index is 0.593. The number of hydrogen-bond donors (Lipinski definition) is 1. The highest BCUT2D eigenvalue weighted by Gasteiger charge is 2.11. The highest BCUT2D eigenvalue weighted by Crippen LogP contribution is 2.04. The summed E-state index contributed by atoms with van der Waals surface area (Å²) in [6, 6.07) is 0. The first-order valence-electron chi connectivity index (χ1n) is 6.71. The number of morpholine rings is 1. The fourth-order valence-electron chi connectivity index (χ4n) is 2.02. The third-order valence-corrected chi connectivity index (χ3v) is 3.54. The van der Waals surface area contributed by atoms with Gasteiger partial charge in [-0.15, -0.1) is 0 Å². The number of nitrogens with zero attached hydrogens (tertiary/aromatic N) is 5. The summed E-state index contributed by atoms with van der Waals surface area (Å²) in [4.78, 5) is 15.5. The second-order valence-electron chi connectivity index (χ2n) is 4.63. The van der Waals surface area contributed by atoms with Crippen molar-refractivity contribution in [3.8, 4) is 5.82 Å². The quantitative estimate of drug-likeness (QED) is 0.810. The molecule has 1 saturated heterocycles. The Morgan fingerprint density at radius 2 is 2.14 bits per heavy atom. The molecular weight excluding hydrogens is 288 g/mol. The summed E-state index contributed by atoms with van der Waals surface area (Å²) in [5, 5.41) is 3.22. The predicted molar refractivity (Wildman–Crippen MR) is 81.2 cm³/mol. The molecule has 3 heterocycles. The first-order valence-corrected chi connectivity index (χ1v) is 7.12. The van der Waals surface area contributed by atoms with Gasteiger partial charge in [-0.05, 0) is 0 Å². The molecule has 2 aromatic rings. The summed E-state index contributed by atoms with van der Waals surface area (Å²) in [5.41, 5.74) is 0.657. The summed E-state index contributed by atoms with van der Waals surface area (Å²) >= 11 is 5.38. The zero-order valence-electron chi connectivity index (χ0n) is 11.5. The van der Waals surface area contributed by atoms with Crippen molar-refractivity contribution in [1.29, 1.82) is 0 Å². The van der Waals surface area contributed by atoms with Crippen molar-refractivity contribution >= 4 is 17.2 Å². The highest BCUT2D eigenvalue weighted by molar-refractivity contribution is 7.80. The molecule has 0 unspecified atom stereocenters. The van der Waals surface area contributed by atoms with E-state index in [1.165, 1.54) is 0 Å². The molecular formula is C13H16N6OS. The molecule has 8 heteroatoms. The van der Waals surface area contributed by atoms with E-state index in [-0.39, 0.29) is 0 Å². The molecule has 0 atom stereocenters. The molecule has 1 fully saturated rings. The van der Waals surface area contributed by atoms with Gasteiger partial charge in [0.15, 0.2) is 5.82 Å². The fourth-order valence-corrected chi connectivity index (χ4v) is 2.18. The van der Waals surface area contributed by atoms with Crippen molar-refractivity contribution in [3.05, 3.63) is 36.8 Å². The van der Waals surface area contributed by atoms with Gasteiger partial charge in [0.25, 0.3) is 0 Å². The van der Waals surface area contributed by atoms with E-state index in [2.05, 4.69) is 25.2 Å². The molecule has 1 aliphatic rings. The number of nitrogens with one attached hydrogen (secondary N) is 1. The Hall–Kier alpha value is -1.90. The zero-order valence-corrected chi connectivity index (χ0v) is 12.3. The lowest BCUT2D eigenvalue weighted by molar-refractivity contribution is 0.0367. The largest absolute Gasteiger partial charge is 0.379 e. The highest BCUT2D eigenvalue weighted by atomic mass is 32.1. The van der Waals surface area contributed by atoms with E-state index in [9.17, 15) is 0 Å². The molecule has 0 amide bonds. The SMILES string of the molecule is S=C(NCN1CCOCC1)c1cncc(-n2ccnc2)n1. The van der Waals surface area contributed by atoms with Crippen molar-refractivity contribution in [1.82, 2.24) is 29.7 Å². The van der Waals surface area contributed by atoms with Crippen LogP contribution < -0.4 is 5.32 Å². The molecule has 0 aromatic carbocycles. The van der Waals surface area contributed by atoms with Gasteiger partial charge in [-0.1, -0.05) is 12.2 Å². The van der Waals surface area contributed by atoms with Crippen LogP contribution in [0, 0.1) is 0 Å². The smallest absolute Gasteiger partial charge is 0.157 e. The third kappa shape index (κ3) is 3.60. The van der Waals surface area contributed by atoms with Gasteiger partial charge in [0.1, 0.15) is 17.0 Å². The molecule has 0 spiro atoms. The number of aromatic nitrogens is 4. The average molecular weight is 304 g/mol. The lowest BCUT2D eigenvalue weighted by Gasteiger charge is -2.27. The predicted octanol–water partition coefficient (Wildman–Crippen LogP) is 0.217. The molecule has 0 radical (unpaired) electrons. The standard InChI is InChI=1S/C13H16N6OS/c21-13(16-10-18-3-5-20-6-4-18)11-7-15-8-12(17-11)19-2-1-14-9-19/h1-2,7-9H,3-6,10H2,(H,16,21). The van der Waals surface area contributed by atoms with E-state index in [1.54, 1.807) is 29.5 Å². The summed E-state index contributed by atoms with van der Waals surface area (Å²) in [6.07, 6.45) is 8.53.